The van der Waals surface area contributed by atoms with Gasteiger partial charge in [-0.1, -0.05) is 58.0 Å². The Labute approximate surface area is 210 Å². The largest absolute Gasteiger partial charge is 0.248 e. The lowest BCUT2D eigenvalue weighted by atomic mass is 9.92. The molecule has 0 N–H and O–H groups in total. The van der Waals surface area contributed by atoms with Crippen LogP contribution in [0.1, 0.15) is 38.8 Å². The molecule has 0 fully saturated rings. The van der Waals surface area contributed by atoms with E-state index in [2.05, 4.69) is 93.3 Å². The van der Waals surface area contributed by atoms with E-state index in [-0.39, 0.29) is 0 Å². The Balaban J connectivity index is 1.68. The number of hydrogen-bond donors (Lipinski definition) is 0. The second kappa shape index (κ2) is 8.73. The van der Waals surface area contributed by atoms with Gasteiger partial charge in [0.15, 0.2) is 0 Å². The van der Waals surface area contributed by atoms with Crippen LogP contribution in [0.15, 0.2) is 72.9 Å². The summed E-state index contributed by atoms with van der Waals surface area (Å²) >= 11 is 1.79. The van der Waals surface area contributed by atoms with Crippen molar-refractivity contribution in [2.75, 3.05) is 0 Å². The van der Waals surface area contributed by atoms with Crippen LogP contribution in [0.5, 0.6) is 0 Å². The van der Waals surface area contributed by atoms with Crippen molar-refractivity contribution in [2.45, 2.75) is 40.5 Å². The van der Waals surface area contributed by atoms with Crippen molar-refractivity contribution >= 4 is 53.3 Å². The summed E-state index contributed by atoms with van der Waals surface area (Å²) in [6.45, 7) is 9.18. The topological polar surface area (TPSA) is 25.8 Å². The zero-order valence-electron chi connectivity index (χ0n) is 20.8. The Hall–Kier alpha value is -3.30. The van der Waals surface area contributed by atoms with Crippen LogP contribution in [0.2, 0.25) is 0 Å². The monoisotopic (exact) mass is 474 g/mol. The molecule has 0 bridgehead atoms. The Morgan fingerprint density at radius 2 is 1.57 bits per heavy atom. The number of fused-ring (bicyclic) bond motifs is 6. The van der Waals surface area contributed by atoms with Gasteiger partial charge in [0.25, 0.3) is 0 Å². The number of thiophene rings is 1. The molecule has 0 unspecified atom stereocenters. The third-order valence-corrected chi connectivity index (χ3v) is 7.90. The molecule has 0 radical (unpaired) electrons. The van der Waals surface area contributed by atoms with Crippen LogP contribution < -0.4 is 0 Å². The molecule has 0 spiro atoms. The lowest BCUT2D eigenvalue weighted by molar-refractivity contribution is 0.648. The molecule has 0 saturated heterocycles. The second-order valence-electron chi connectivity index (χ2n) is 10.5. The average molecular weight is 475 g/mol. The lowest BCUT2D eigenvalue weighted by Crippen LogP contribution is -2.00. The third-order valence-electron chi connectivity index (χ3n) is 6.74. The fourth-order valence-corrected chi connectivity index (χ4v) is 6.53. The Bertz CT molecular complexity index is 1710. The zero-order valence-corrected chi connectivity index (χ0v) is 21.6. The first-order valence-corrected chi connectivity index (χ1v) is 13.4. The highest BCUT2D eigenvalue weighted by Gasteiger charge is 2.17. The molecule has 3 heteroatoms. The number of benzene rings is 3. The summed E-state index contributed by atoms with van der Waals surface area (Å²) in [7, 11) is 0. The average Bonchev–Trinajstić information content (AvgIpc) is 3.21. The molecule has 0 amide bonds. The predicted molar refractivity (Wildman–Crippen MR) is 152 cm³/mol. The first kappa shape index (κ1) is 22.2. The molecule has 2 nitrogen and oxygen atoms in total. The minimum absolute atomic E-state index is 0.563. The van der Waals surface area contributed by atoms with Crippen LogP contribution in [0.25, 0.3) is 53.2 Å². The maximum Gasteiger partial charge on any atom is 0.124 e. The summed E-state index contributed by atoms with van der Waals surface area (Å²) in [4.78, 5) is 11.1. The van der Waals surface area contributed by atoms with E-state index in [1.165, 1.54) is 48.3 Å². The number of rotatable bonds is 5. The van der Waals surface area contributed by atoms with E-state index in [9.17, 15) is 0 Å². The summed E-state index contributed by atoms with van der Waals surface area (Å²) in [6.07, 6.45) is 3.98. The smallest absolute Gasteiger partial charge is 0.124 e. The molecular formula is C32H30N2S. The van der Waals surface area contributed by atoms with Crippen LogP contribution in [-0.2, 0) is 12.8 Å². The lowest BCUT2D eigenvalue weighted by Gasteiger charge is -2.15. The van der Waals surface area contributed by atoms with Gasteiger partial charge < -0.3 is 0 Å². The van der Waals surface area contributed by atoms with Gasteiger partial charge in [0.05, 0.1) is 11.2 Å². The van der Waals surface area contributed by atoms with Gasteiger partial charge in [-0.25, -0.2) is 9.97 Å². The van der Waals surface area contributed by atoms with Gasteiger partial charge in [0, 0.05) is 32.6 Å². The van der Waals surface area contributed by atoms with Crippen molar-refractivity contribution in [1.29, 1.82) is 0 Å². The van der Waals surface area contributed by atoms with Crippen molar-refractivity contribution in [3.8, 4) is 11.3 Å². The molecule has 6 rings (SSSR count). The highest BCUT2D eigenvalue weighted by molar-refractivity contribution is 7.26. The maximum atomic E-state index is 5.29. The Morgan fingerprint density at radius 1 is 0.771 bits per heavy atom. The minimum atomic E-state index is 0.563. The fourth-order valence-electron chi connectivity index (χ4n) is 5.38. The normalized spacial score (nSPS) is 12.2. The van der Waals surface area contributed by atoms with Gasteiger partial charge in [0.1, 0.15) is 4.83 Å². The van der Waals surface area contributed by atoms with E-state index in [1.807, 2.05) is 12.3 Å². The molecule has 0 atom stereocenters. The highest BCUT2D eigenvalue weighted by Crippen LogP contribution is 2.41. The number of aromatic nitrogens is 2. The van der Waals surface area contributed by atoms with E-state index in [1.54, 1.807) is 11.3 Å². The van der Waals surface area contributed by atoms with Crippen molar-refractivity contribution in [3.05, 3.63) is 84.1 Å². The zero-order chi connectivity index (χ0) is 24.1. The van der Waals surface area contributed by atoms with Gasteiger partial charge >= 0.3 is 0 Å². The van der Waals surface area contributed by atoms with Gasteiger partial charge in [-0.15, -0.1) is 11.3 Å². The van der Waals surface area contributed by atoms with Crippen molar-refractivity contribution in [1.82, 2.24) is 9.97 Å². The van der Waals surface area contributed by atoms with Crippen molar-refractivity contribution in [2.24, 2.45) is 11.8 Å². The van der Waals surface area contributed by atoms with E-state index in [4.69, 9.17) is 4.98 Å². The molecule has 0 aliphatic rings. The molecule has 6 aromatic rings. The standard InChI is InChI=1S/C32H30N2S/c1-19(2)14-21-16-26-25-10-7-13-33-32(25)35-31(26)27(17-21)29-18-23(15-20(3)4)30-24-9-6-5-8-22(24)11-12-28(30)34-29/h5-13,16-20H,14-15H2,1-4H3. The molecule has 0 aliphatic heterocycles. The molecule has 0 saturated carbocycles. The van der Waals surface area contributed by atoms with Crippen LogP contribution >= 0.6 is 11.3 Å². The van der Waals surface area contributed by atoms with Gasteiger partial charge in [0.2, 0.25) is 0 Å². The first-order valence-electron chi connectivity index (χ1n) is 12.6. The molecule has 3 heterocycles. The minimum Gasteiger partial charge on any atom is -0.248 e. The third kappa shape index (κ3) is 3.98. The van der Waals surface area contributed by atoms with Gasteiger partial charge in [-0.2, -0.15) is 0 Å². The van der Waals surface area contributed by atoms with Gasteiger partial charge in [-0.3, -0.25) is 0 Å². The number of hydrogen-bond acceptors (Lipinski definition) is 3. The van der Waals surface area contributed by atoms with E-state index in [0.717, 1.165) is 28.9 Å². The maximum absolute atomic E-state index is 5.29. The summed E-state index contributed by atoms with van der Waals surface area (Å²) in [5, 5.41) is 6.42. The second-order valence-corrected chi connectivity index (χ2v) is 11.5. The SMILES string of the molecule is CC(C)Cc1cc(-c2cc(CC(C)C)c3c(ccc4ccccc43)n2)c2sc3ncccc3c2c1. The molecule has 0 aliphatic carbocycles. The molecular weight excluding hydrogens is 444 g/mol. The Morgan fingerprint density at radius 3 is 2.40 bits per heavy atom. The fraction of sp³-hybridized carbons (Fsp3) is 0.250. The van der Waals surface area contributed by atoms with Crippen molar-refractivity contribution < 1.29 is 0 Å². The molecule has 3 aromatic carbocycles. The van der Waals surface area contributed by atoms with Crippen LogP contribution in [0.4, 0.5) is 0 Å². The molecule has 35 heavy (non-hydrogen) atoms. The van der Waals surface area contributed by atoms with Crippen LogP contribution in [-0.4, -0.2) is 9.97 Å². The quantitative estimate of drug-likeness (QED) is 0.233. The predicted octanol–water partition coefficient (Wildman–Crippen LogP) is 9.21. The summed E-state index contributed by atoms with van der Waals surface area (Å²) < 4.78 is 1.29. The summed E-state index contributed by atoms with van der Waals surface area (Å²) in [5.41, 5.74) is 6.15. The van der Waals surface area contributed by atoms with Crippen LogP contribution in [0.3, 0.4) is 0 Å². The summed E-state index contributed by atoms with van der Waals surface area (Å²) in [6, 6.07) is 24.5. The van der Waals surface area contributed by atoms with E-state index >= 15 is 0 Å². The number of pyridine rings is 2. The molecule has 174 valence electrons. The molecule has 3 aromatic heterocycles. The first-order chi connectivity index (χ1) is 17.0. The highest BCUT2D eigenvalue weighted by atomic mass is 32.1. The summed E-state index contributed by atoms with van der Waals surface area (Å²) in [5.74, 6) is 1.16. The number of nitrogens with zero attached hydrogens (tertiary/aromatic N) is 2. The van der Waals surface area contributed by atoms with Crippen molar-refractivity contribution in [3.63, 3.8) is 0 Å². The Kier molecular flexibility index (Phi) is 5.53. The van der Waals surface area contributed by atoms with E-state index < -0.39 is 0 Å². The van der Waals surface area contributed by atoms with Gasteiger partial charge in [-0.05, 0) is 83.0 Å². The van der Waals surface area contributed by atoms with Crippen LogP contribution in [0, 0.1) is 11.8 Å². The van der Waals surface area contributed by atoms with E-state index in [0.29, 0.717) is 11.8 Å².